The Morgan fingerprint density at radius 1 is 1.18 bits per heavy atom. The van der Waals surface area contributed by atoms with Gasteiger partial charge >= 0.3 is 0 Å². The van der Waals surface area contributed by atoms with Gasteiger partial charge < -0.3 is 10.6 Å². The Hall–Kier alpha value is -2.66. The average molecular weight is 292 g/mol. The van der Waals surface area contributed by atoms with Crippen molar-refractivity contribution in [3.63, 3.8) is 0 Å². The first-order chi connectivity index (χ1) is 10.8. The fraction of sp³-hybridized carbons (Fsp3) is 0.176. The summed E-state index contributed by atoms with van der Waals surface area (Å²) in [7, 11) is 0. The molecule has 3 aromatic rings. The van der Waals surface area contributed by atoms with E-state index in [-0.39, 0.29) is 11.9 Å². The molecule has 1 atom stereocenters. The van der Waals surface area contributed by atoms with Crippen molar-refractivity contribution in [3.05, 3.63) is 65.4 Å². The number of benzene rings is 2. The minimum Gasteiger partial charge on any atom is -0.344 e. The van der Waals surface area contributed by atoms with Crippen molar-refractivity contribution in [2.75, 3.05) is 6.54 Å². The number of carbonyl (C=O) groups excluding carboxylic acids is 1. The molecule has 0 radical (unpaired) electrons. The molecule has 1 amide bonds. The predicted molar refractivity (Wildman–Crippen MR) is 84.4 cm³/mol. The molecular formula is C17H16N4O. The maximum atomic E-state index is 11.9. The second-order valence-corrected chi connectivity index (χ2v) is 5.54. The van der Waals surface area contributed by atoms with E-state index in [2.05, 4.69) is 39.0 Å². The maximum Gasteiger partial charge on any atom is 0.252 e. The van der Waals surface area contributed by atoms with E-state index >= 15 is 0 Å². The molecule has 0 bridgehead atoms. The van der Waals surface area contributed by atoms with Crippen LogP contribution >= 0.6 is 0 Å². The van der Waals surface area contributed by atoms with Crippen LogP contribution in [0, 0.1) is 0 Å². The van der Waals surface area contributed by atoms with Gasteiger partial charge in [-0.15, -0.1) is 0 Å². The highest BCUT2D eigenvalue weighted by molar-refractivity contribution is 5.99. The number of rotatable bonds is 4. The molecule has 0 aliphatic carbocycles. The molecule has 0 saturated carbocycles. The summed E-state index contributed by atoms with van der Waals surface area (Å²) >= 11 is 0. The van der Waals surface area contributed by atoms with Crippen molar-refractivity contribution in [1.82, 2.24) is 20.8 Å². The van der Waals surface area contributed by atoms with E-state index < -0.39 is 0 Å². The largest absolute Gasteiger partial charge is 0.344 e. The molecule has 4 rings (SSSR count). The minimum atomic E-state index is 0.0151. The average Bonchev–Trinajstić information content (AvgIpc) is 3.13. The summed E-state index contributed by atoms with van der Waals surface area (Å²) in [5.74, 6) is 0.0151. The summed E-state index contributed by atoms with van der Waals surface area (Å²) in [6.07, 6.45) is 1.82. The van der Waals surface area contributed by atoms with Gasteiger partial charge in [-0.25, -0.2) is 0 Å². The van der Waals surface area contributed by atoms with Gasteiger partial charge in [-0.2, -0.15) is 5.10 Å². The zero-order valence-corrected chi connectivity index (χ0v) is 12.0. The number of nitrogens with one attached hydrogen (secondary N) is 3. The summed E-state index contributed by atoms with van der Waals surface area (Å²) < 4.78 is 0. The SMILES string of the molecule is O=C1NC(CNCc2ccc3cn[nH]c3c2)c2ccccc21. The molecule has 110 valence electrons. The molecule has 3 N–H and O–H groups in total. The lowest BCUT2D eigenvalue weighted by Gasteiger charge is -2.13. The number of H-pyrrole nitrogens is 1. The van der Waals surface area contributed by atoms with Crippen LogP contribution in [0.15, 0.2) is 48.7 Å². The molecule has 2 heterocycles. The third-order valence-corrected chi connectivity index (χ3v) is 4.07. The third kappa shape index (κ3) is 2.25. The van der Waals surface area contributed by atoms with Gasteiger partial charge in [0.25, 0.3) is 5.91 Å². The number of hydrogen-bond acceptors (Lipinski definition) is 3. The monoisotopic (exact) mass is 292 g/mol. The fourth-order valence-corrected chi connectivity index (χ4v) is 2.94. The van der Waals surface area contributed by atoms with E-state index in [1.807, 2.05) is 30.5 Å². The quantitative estimate of drug-likeness (QED) is 0.690. The molecule has 1 unspecified atom stereocenters. The number of aromatic nitrogens is 2. The Kier molecular flexibility index (Phi) is 3.12. The van der Waals surface area contributed by atoms with Crippen molar-refractivity contribution in [1.29, 1.82) is 0 Å². The number of aromatic amines is 1. The molecule has 5 nitrogen and oxygen atoms in total. The van der Waals surface area contributed by atoms with Gasteiger partial charge in [-0.3, -0.25) is 9.89 Å². The smallest absolute Gasteiger partial charge is 0.252 e. The van der Waals surface area contributed by atoms with Crippen molar-refractivity contribution < 1.29 is 4.79 Å². The standard InChI is InChI=1S/C17H16N4O/c22-17-14-4-2-1-3-13(14)16(20-17)10-18-8-11-5-6-12-9-19-21-15(12)7-11/h1-7,9,16,18H,8,10H2,(H,19,21)(H,20,22). The van der Waals surface area contributed by atoms with E-state index in [0.29, 0.717) is 6.54 Å². The minimum absolute atomic E-state index is 0.0151. The van der Waals surface area contributed by atoms with Crippen LogP contribution in [0.4, 0.5) is 0 Å². The second-order valence-electron chi connectivity index (χ2n) is 5.54. The van der Waals surface area contributed by atoms with E-state index in [1.165, 1.54) is 5.56 Å². The van der Waals surface area contributed by atoms with Crippen LogP contribution in [0.2, 0.25) is 0 Å². The van der Waals surface area contributed by atoms with E-state index in [9.17, 15) is 4.79 Å². The molecule has 0 spiro atoms. The topological polar surface area (TPSA) is 69.8 Å². The van der Waals surface area contributed by atoms with Gasteiger partial charge in [-0.05, 0) is 23.3 Å². The first kappa shape index (κ1) is 13.0. The highest BCUT2D eigenvalue weighted by atomic mass is 16.2. The molecule has 1 aliphatic heterocycles. The van der Waals surface area contributed by atoms with Crippen LogP contribution in [-0.2, 0) is 6.54 Å². The van der Waals surface area contributed by atoms with Crippen LogP contribution in [0.5, 0.6) is 0 Å². The van der Waals surface area contributed by atoms with Gasteiger partial charge in [0.1, 0.15) is 0 Å². The molecular weight excluding hydrogens is 276 g/mol. The molecule has 22 heavy (non-hydrogen) atoms. The van der Waals surface area contributed by atoms with Gasteiger partial charge in [0, 0.05) is 24.0 Å². The fourth-order valence-electron chi connectivity index (χ4n) is 2.94. The number of carbonyl (C=O) groups is 1. The van der Waals surface area contributed by atoms with Crippen LogP contribution in [0.25, 0.3) is 10.9 Å². The zero-order valence-electron chi connectivity index (χ0n) is 12.0. The second kappa shape index (κ2) is 5.27. The maximum absolute atomic E-state index is 11.9. The molecule has 1 aromatic heterocycles. The predicted octanol–water partition coefficient (Wildman–Crippen LogP) is 2.14. The van der Waals surface area contributed by atoms with E-state index in [1.54, 1.807) is 0 Å². The summed E-state index contributed by atoms with van der Waals surface area (Å²) in [5, 5.41) is 14.5. The normalized spacial score (nSPS) is 16.7. The molecule has 1 aliphatic rings. The summed E-state index contributed by atoms with van der Waals surface area (Å²) in [6, 6.07) is 14.0. The lowest BCUT2D eigenvalue weighted by Crippen LogP contribution is -2.29. The lowest BCUT2D eigenvalue weighted by molar-refractivity contribution is 0.0956. The highest BCUT2D eigenvalue weighted by Crippen LogP contribution is 2.24. The van der Waals surface area contributed by atoms with E-state index in [4.69, 9.17) is 0 Å². The first-order valence-corrected chi connectivity index (χ1v) is 7.34. The van der Waals surface area contributed by atoms with Gasteiger partial charge in [0.05, 0.1) is 17.8 Å². The van der Waals surface area contributed by atoms with Crippen molar-refractivity contribution >= 4 is 16.8 Å². The third-order valence-electron chi connectivity index (χ3n) is 4.07. The highest BCUT2D eigenvalue weighted by Gasteiger charge is 2.27. The first-order valence-electron chi connectivity index (χ1n) is 7.34. The van der Waals surface area contributed by atoms with Gasteiger partial charge in [0.2, 0.25) is 0 Å². The van der Waals surface area contributed by atoms with Gasteiger partial charge in [-0.1, -0.05) is 30.3 Å². The Bertz CT molecular complexity index is 839. The van der Waals surface area contributed by atoms with Crippen LogP contribution in [0.1, 0.15) is 27.5 Å². The number of fused-ring (bicyclic) bond motifs is 2. The number of amides is 1. The molecule has 0 saturated heterocycles. The number of hydrogen-bond donors (Lipinski definition) is 3. The molecule has 2 aromatic carbocycles. The van der Waals surface area contributed by atoms with Crippen LogP contribution in [0.3, 0.4) is 0 Å². The summed E-state index contributed by atoms with van der Waals surface area (Å²) in [5.41, 5.74) is 4.09. The number of nitrogens with zero attached hydrogens (tertiary/aromatic N) is 1. The Labute approximate surface area is 127 Å². The van der Waals surface area contributed by atoms with Crippen LogP contribution in [-0.4, -0.2) is 22.6 Å². The van der Waals surface area contributed by atoms with Gasteiger partial charge in [0.15, 0.2) is 0 Å². The molecule has 0 fully saturated rings. The lowest BCUT2D eigenvalue weighted by atomic mass is 10.0. The van der Waals surface area contributed by atoms with Crippen molar-refractivity contribution in [2.24, 2.45) is 0 Å². The Balaban J connectivity index is 1.42. The Morgan fingerprint density at radius 3 is 3.05 bits per heavy atom. The summed E-state index contributed by atoms with van der Waals surface area (Å²) in [6.45, 7) is 1.47. The zero-order chi connectivity index (χ0) is 14.9. The van der Waals surface area contributed by atoms with Crippen molar-refractivity contribution in [2.45, 2.75) is 12.6 Å². The Morgan fingerprint density at radius 2 is 2.09 bits per heavy atom. The van der Waals surface area contributed by atoms with Crippen molar-refractivity contribution in [3.8, 4) is 0 Å². The molecule has 5 heteroatoms. The summed E-state index contributed by atoms with van der Waals surface area (Å²) in [4.78, 5) is 11.9. The van der Waals surface area contributed by atoms with E-state index in [0.717, 1.165) is 28.6 Å². The van der Waals surface area contributed by atoms with Crippen LogP contribution < -0.4 is 10.6 Å².